The summed E-state index contributed by atoms with van der Waals surface area (Å²) in [7, 11) is 0. The maximum atomic E-state index is 12.5. The fourth-order valence-electron chi connectivity index (χ4n) is 4.55. The van der Waals surface area contributed by atoms with E-state index in [1.54, 1.807) is 0 Å². The third kappa shape index (κ3) is 2.45. The van der Waals surface area contributed by atoms with Crippen LogP contribution in [-0.4, -0.2) is 5.97 Å². The molecule has 1 fully saturated rings. The van der Waals surface area contributed by atoms with Crippen LogP contribution in [0, 0.1) is 24.2 Å². The molecule has 126 valence electrons. The van der Waals surface area contributed by atoms with Gasteiger partial charge in [-0.1, -0.05) is 32.8 Å². The molecule has 1 heterocycles. The van der Waals surface area contributed by atoms with E-state index < -0.39 is 0 Å². The van der Waals surface area contributed by atoms with E-state index in [1.807, 2.05) is 26.2 Å². The molecular weight excluding hydrogens is 288 g/mol. The standard InChI is InChI=1S/C20H28O3/c1-6-12(2)19(21)23-18-17-13(3)11-22-16(17)10-15-9-7-8-14(4)20(15,18)5/h6,11,14-15,18H,7-10H2,1-5H3. The normalized spacial score (nSPS) is 33.8. The highest BCUT2D eigenvalue weighted by Gasteiger charge is 2.54. The lowest BCUT2D eigenvalue weighted by Gasteiger charge is -2.52. The van der Waals surface area contributed by atoms with Crippen molar-refractivity contribution in [3.8, 4) is 0 Å². The molecule has 3 rings (SSSR count). The Kier molecular flexibility index (Phi) is 4.16. The van der Waals surface area contributed by atoms with Crippen molar-refractivity contribution in [1.29, 1.82) is 0 Å². The molecule has 0 radical (unpaired) electrons. The summed E-state index contributed by atoms with van der Waals surface area (Å²) in [5.74, 6) is 1.87. The quantitative estimate of drug-likeness (QED) is 0.560. The molecule has 0 aromatic carbocycles. The van der Waals surface area contributed by atoms with Gasteiger partial charge in [-0.15, -0.1) is 0 Å². The number of fused-ring (bicyclic) bond motifs is 2. The molecule has 0 saturated heterocycles. The topological polar surface area (TPSA) is 39.4 Å². The summed E-state index contributed by atoms with van der Waals surface area (Å²) < 4.78 is 11.9. The Balaban J connectivity index is 2.06. The second-order valence-electron chi connectivity index (χ2n) is 7.61. The lowest BCUT2D eigenvalue weighted by atomic mass is 9.54. The maximum absolute atomic E-state index is 12.5. The van der Waals surface area contributed by atoms with Crippen molar-refractivity contribution in [2.45, 2.75) is 66.4 Å². The summed E-state index contributed by atoms with van der Waals surface area (Å²) in [6.07, 6.45) is 8.06. The van der Waals surface area contributed by atoms with Crippen molar-refractivity contribution in [3.63, 3.8) is 0 Å². The Morgan fingerprint density at radius 2 is 2.17 bits per heavy atom. The Hall–Kier alpha value is -1.51. The van der Waals surface area contributed by atoms with Crippen LogP contribution in [0.15, 0.2) is 22.3 Å². The third-order valence-electron chi connectivity index (χ3n) is 6.47. The summed E-state index contributed by atoms with van der Waals surface area (Å²) in [4.78, 5) is 12.5. The van der Waals surface area contributed by atoms with Crippen molar-refractivity contribution < 1.29 is 13.9 Å². The average Bonchev–Trinajstić information content (AvgIpc) is 2.89. The Labute approximate surface area is 139 Å². The summed E-state index contributed by atoms with van der Waals surface area (Å²) in [5.41, 5.74) is 2.88. The van der Waals surface area contributed by atoms with Crippen LogP contribution in [-0.2, 0) is 16.0 Å². The van der Waals surface area contributed by atoms with Gasteiger partial charge in [0.05, 0.1) is 6.26 Å². The number of carbonyl (C=O) groups excluding carboxylic acids is 1. The zero-order chi connectivity index (χ0) is 16.8. The van der Waals surface area contributed by atoms with E-state index in [-0.39, 0.29) is 17.5 Å². The van der Waals surface area contributed by atoms with E-state index >= 15 is 0 Å². The molecule has 1 aromatic heterocycles. The Morgan fingerprint density at radius 3 is 2.87 bits per heavy atom. The fraction of sp³-hybridized carbons (Fsp3) is 0.650. The molecule has 4 unspecified atom stereocenters. The SMILES string of the molecule is CC=C(C)C(=O)OC1c2c(C)coc2CC2CCCC(C)C21C. The molecule has 4 atom stereocenters. The smallest absolute Gasteiger partial charge is 0.334 e. The van der Waals surface area contributed by atoms with Gasteiger partial charge in [0.2, 0.25) is 0 Å². The molecule has 0 aliphatic heterocycles. The van der Waals surface area contributed by atoms with Gasteiger partial charge < -0.3 is 9.15 Å². The van der Waals surface area contributed by atoms with Gasteiger partial charge in [0.15, 0.2) is 0 Å². The van der Waals surface area contributed by atoms with E-state index in [1.165, 1.54) is 19.3 Å². The third-order valence-corrected chi connectivity index (χ3v) is 6.47. The predicted octanol–water partition coefficient (Wildman–Crippen LogP) is 5.14. The molecule has 1 aromatic rings. The molecule has 0 amide bonds. The van der Waals surface area contributed by atoms with E-state index in [4.69, 9.17) is 9.15 Å². The molecule has 2 aliphatic rings. The van der Waals surface area contributed by atoms with Gasteiger partial charge >= 0.3 is 5.97 Å². The fourth-order valence-corrected chi connectivity index (χ4v) is 4.55. The first-order valence-corrected chi connectivity index (χ1v) is 8.80. The lowest BCUT2D eigenvalue weighted by molar-refractivity contribution is -0.164. The van der Waals surface area contributed by atoms with Gasteiger partial charge in [0.25, 0.3) is 0 Å². The molecule has 23 heavy (non-hydrogen) atoms. The van der Waals surface area contributed by atoms with Crippen LogP contribution < -0.4 is 0 Å². The summed E-state index contributed by atoms with van der Waals surface area (Å²) in [6.45, 7) is 10.4. The van der Waals surface area contributed by atoms with Crippen LogP contribution >= 0.6 is 0 Å². The number of carbonyl (C=O) groups is 1. The molecule has 3 heteroatoms. The predicted molar refractivity (Wildman–Crippen MR) is 90.0 cm³/mol. The summed E-state index contributed by atoms with van der Waals surface area (Å²) in [5, 5.41) is 0. The first-order valence-electron chi connectivity index (χ1n) is 8.80. The Morgan fingerprint density at radius 1 is 1.43 bits per heavy atom. The van der Waals surface area contributed by atoms with E-state index in [0.717, 1.165) is 23.3 Å². The summed E-state index contributed by atoms with van der Waals surface area (Å²) in [6, 6.07) is 0. The van der Waals surface area contributed by atoms with Crippen molar-refractivity contribution in [2.24, 2.45) is 17.3 Å². The summed E-state index contributed by atoms with van der Waals surface area (Å²) >= 11 is 0. The lowest BCUT2D eigenvalue weighted by Crippen LogP contribution is -2.47. The zero-order valence-electron chi connectivity index (χ0n) is 14.9. The Bertz CT molecular complexity index is 639. The molecule has 0 N–H and O–H groups in total. The highest BCUT2D eigenvalue weighted by molar-refractivity contribution is 5.87. The highest BCUT2D eigenvalue weighted by Crippen LogP contribution is 2.59. The number of hydrogen-bond donors (Lipinski definition) is 0. The van der Waals surface area contributed by atoms with Gasteiger partial charge in [0.1, 0.15) is 11.9 Å². The number of hydrogen-bond acceptors (Lipinski definition) is 3. The van der Waals surface area contributed by atoms with Crippen LogP contribution in [0.4, 0.5) is 0 Å². The molecule has 0 spiro atoms. The minimum Gasteiger partial charge on any atom is -0.469 e. The first-order chi connectivity index (χ1) is 10.9. The van der Waals surface area contributed by atoms with E-state index in [0.29, 0.717) is 17.4 Å². The van der Waals surface area contributed by atoms with Gasteiger partial charge in [-0.05, 0) is 44.6 Å². The van der Waals surface area contributed by atoms with Gasteiger partial charge in [-0.25, -0.2) is 4.79 Å². The van der Waals surface area contributed by atoms with Crippen LogP contribution in [0.1, 0.15) is 69.9 Å². The van der Waals surface area contributed by atoms with Crippen LogP contribution in [0.5, 0.6) is 0 Å². The molecule has 0 bridgehead atoms. The highest BCUT2D eigenvalue weighted by atomic mass is 16.5. The number of furan rings is 1. The van der Waals surface area contributed by atoms with Crippen molar-refractivity contribution in [1.82, 2.24) is 0 Å². The van der Waals surface area contributed by atoms with Gasteiger partial charge in [0, 0.05) is 23.0 Å². The van der Waals surface area contributed by atoms with Crippen LogP contribution in [0.25, 0.3) is 0 Å². The molecular formula is C20H28O3. The van der Waals surface area contributed by atoms with Crippen molar-refractivity contribution in [3.05, 3.63) is 34.8 Å². The number of rotatable bonds is 2. The first kappa shape index (κ1) is 16.4. The second kappa shape index (κ2) is 5.85. The number of esters is 1. The van der Waals surface area contributed by atoms with E-state index in [9.17, 15) is 4.79 Å². The maximum Gasteiger partial charge on any atom is 0.334 e. The van der Waals surface area contributed by atoms with Gasteiger partial charge in [-0.3, -0.25) is 0 Å². The van der Waals surface area contributed by atoms with Crippen molar-refractivity contribution in [2.75, 3.05) is 0 Å². The number of allylic oxidation sites excluding steroid dienone is 1. The number of ether oxygens (including phenoxy) is 1. The van der Waals surface area contributed by atoms with Crippen molar-refractivity contribution >= 4 is 5.97 Å². The second-order valence-corrected chi connectivity index (χ2v) is 7.61. The van der Waals surface area contributed by atoms with Crippen LogP contribution in [0.3, 0.4) is 0 Å². The largest absolute Gasteiger partial charge is 0.469 e. The average molecular weight is 316 g/mol. The minimum absolute atomic E-state index is 0.0104. The molecule has 3 nitrogen and oxygen atoms in total. The van der Waals surface area contributed by atoms with Crippen LogP contribution in [0.2, 0.25) is 0 Å². The molecule has 1 saturated carbocycles. The van der Waals surface area contributed by atoms with E-state index in [2.05, 4.69) is 20.8 Å². The van der Waals surface area contributed by atoms with Gasteiger partial charge in [-0.2, -0.15) is 0 Å². The number of aryl methyl sites for hydroxylation is 1. The minimum atomic E-state index is -0.205. The molecule has 2 aliphatic carbocycles. The zero-order valence-corrected chi connectivity index (χ0v) is 14.9. The monoisotopic (exact) mass is 316 g/mol.